The van der Waals surface area contributed by atoms with Crippen LogP contribution < -0.4 is 4.74 Å². The Hall–Kier alpha value is -2.80. The Bertz CT molecular complexity index is 845. The van der Waals surface area contributed by atoms with Crippen LogP contribution in [0.4, 0.5) is 0 Å². The Morgan fingerprint density at radius 1 is 1.26 bits per heavy atom. The lowest BCUT2D eigenvalue weighted by Gasteiger charge is -2.32. The molecule has 0 saturated carbocycles. The van der Waals surface area contributed by atoms with E-state index in [-0.39, 0.29) is 30.5 Å². The number of nitrogens with zero attached hydrogens (tertiary/aromatic N) is 2. The fraction of sp³-hybridized carbons (Fsp3) is 0.500. The van der Waals surface area contributed by atoms with Crippen LogP contribution in [0.1, 0.15) is 49.2 Å². The van der Waals surface area contributed by atoms with Gasteiger partial charge in [-0.05, 0) is 56.5 Å². The first-order valence-electron chi connectivity index (χ1n) is 10.9. The van der Waals surface area contributed by atoms with E-state index >= 15 is 0 Å². The Balaban J connectivity index is 1.77. The molecule has 1 aliphatic rings. The van der Waals surface area contributed by atoms with Gasteiger partial charge in [0.1, 0.15) is 18.1 Å². The Morgan fingerprint density at radius 2 is 2.10 bits per heavy atom. The summed E-state index contributed by atoms with van der Waals surface area (Å²) in [4.78, 5) is 30.0. The van der Waals surface area contributed by atoms with Gasteiger partial charge in [0.25, 0.3) is 5.91 Å². The lowest BCUT2D eigenvalue weighted by Crippen LogP contribution is -2.47. The van der Waals surface area contributed by atoms with Gasteiger partial charge in [-0.1, -0.05) is 13.0 Å². The number of hydrogen-bond donors (Lipinski definition) is 0. The number of rotatable bonds is 10. The minimum Gasteiger partial charge on any atom is -0.497 e. The standard InChI is InChI=1S/C24H32N2O5/c1-4-18(2)26(24(28)19-8-5-9-20(14-19)29-3)17-23(27)25(15-21-10-6-12-30-21)16-22-11-7-13-31-22/h5-6,8-10,12,14,18,22H,4,7,11,13,15-17H2,1-3H3/t18-,22+/m0/s1. The van der Waals surface area contributed by atoms with Crippen molar-refractivity contribution in [1.29, 1.82) is 0 Å². The van der Waals surface area contributed by atoms with Crippen molar-refractivity contribution in [2.24, 2.45) is 0 Å². The van der Waals surface area contributed by atoms with Gasteiger partial charge >= 0.3 is 0 Å². The minimum atomic E-state index is -0.184. The van der Waals surface area contributed by atoms with Gasteiger partial charge in [0.15, 0.2) is 0 Å². The van der Waals surface area contributed by atoms with Crippen molar-refractivity contribution < 1.29 is 23.5 Å². The van der Waals surface area contributed by atoms with Gasteiger partial charge in [-0.3, -0.25) is 9.59 Å². The van der Waals surface area contributed by atoms with E-state index in [1.807, 2.05) is 26.0 Å². The highest BCUT2D eigenvalue weighted by molar-refractivity contribution is 5.97. The highest BCUT2D eigenvalue weighted by Crippen LogP contribution is 2.19. The second-order valence-corrected chi connectivity index (χ2v) is 7.91. The monoisotopic (exact) mass is 428 g/mol. The number of carbonyl (C=O) groups is 2. The summed E-state index contributed by atoms with van der Waals surface area (Å²) in [5, 5.41) is 0. The Labute approximate surface area is 183 Å². The zero-order valence-electron chi connectivity index (χ0n) is 18.6. The lowest BCUT2D eigenvalue weighted by molar-refractivity contribution is -0.134. The van der Waals surface area contributed by atoms with Crippen LogP contribution in [-0.4, -0.2) is 60.6 Å². The number of ether oxygens (including phenoxy) is 2. The third kappa shape index (κ3) is 6.10. The Morgan fingerprint density at radius 3 is 2.74 bits per heavy atom. The van der Waals surface area contributed by atoms with E-state index in [0.717, 1.165) is 25.9 Å². The fourth-order valence-electron chi connectivity index (χ4n) is 3.70. The second kappa shape index (κ2) is 11.0. The van der Waals surface area contributed by atoms with Crippen molar-refractivity contribution in [3.63, 3.8) is 0 Å². The molecule has 0 N–H and O–H groups in total. The smallest absolute Gasteiger partial charge is 0.254 e. The molecule has 1 aromatic heterocycles. The molecule has 1 saturated heterocycles. The molecule has 0 bridgehead atoms. The second-order valence-electron chi connectivity index (χ2n) is 7.91. The van der Waals surface area contributed by atoms with Crippen molar-refractivity contribution in [2.75, 3.05) is 26.8 Å². The van der Waals surface area contributed by atoms with Crippen LogP contribution in [0.3, 0.4) is 0 Å². The van der Waals surface area contributed by atoms with Gasteiger partial charge in [0, 0.05) is 24.8 Å². The van der Waals surface area contributed by atoms with Crippen LogP contribution >= 0.6 is 0 Å². The molecule has 2 amide bonds. The maximum absolute atomic E-state index is 13.4. The van der Waals surface area contributed by atoms with Crippen LogP contribution in [0.2, 0.25) is 0 Å². The van der Waals surface area contributed by atoms with Crippen molar-refractivity contribution >= 4 is 11.8 Å². The first-order chi connectivity index (χ1) is 15.0. The molecule has 2 atom stereocenters. The van der Waals surface area contributed by atoms with Crippen molar-refractivity contribution in [2.45, 2.75) is 51.8 Å². The highest BCUT2D eigenvalue weighted by atomic mass is 16.5. The quantitative estimate of drug-likeness (QED) is 0.577. The minimum absolute atomic E-state index is 0.00151. The summed E-state index contributed by atoms with van der Waals surface area (Å²) < 4.78 is 16.5. The van der Waals surface area contributed by atoms with Gasteiger partial charge in [-0.25, -0.2) is 0 Å². The number of hydrogen-bond acceptors (Lipinski definition) is 5. The number of carbonyl (C=O) groups excluding carboxylic acids is 2. The van der Waals surface area contributed by atoms with Crippen LogP contribution in [0, 0.1) is 0 Å². The molecule has 0 unspecified atom stereocenters. The van der Waals surface area contributed by atoms with Gasteiger partial charge in [-0.15, -0.1) is 0 Å². The largest absolute Gasteiger partial charge is 0.497 e. The van der Waals surface area contributed by atoms with Gasteiger partial charge in [-0.2, -0.15) is 0 Å². The summed E-state index contributed by atoms with van der Waals surface area (Å²) in [7, 11) is 1.57. The molecule has 0 aliphatic carbocycles. The van der Waals surface area contributed by atoms with Gasteiger partial charge in [0.05, 0.1) is 26.0 Å². The summed E-state index contributed by atoms with van der Waals surface area (Å²) >= 11 is 0. The SMILES string of the molecule is CC[C@H](C)N(CC(=O)N(Cc1ccco1)C[C@H]1CCCO1)C(=O)c1cccc(OC)c1. The summed E-state index contributed by atoms with van der Waals surface area (Å²) in [5.74, 6) is 1.01. The molecule has 1 aromatic carbocycles. The first kappa shape index (κ1) is 22.9. The number of benzene rings is 1. The zero-order valence-corrected chi connectivity index (χ0v) is 18.6. The van der Waals surface area contributed by atoms with Crippen molar-refractivity contribution in [1.82, 2.24) is 9.80 Å². The molecular formula is C24H32N2O5. The zero-order chi connectivity index (χ0) is 22.2. The molecule has 3 rings (SSSR count). The highest BCUT2D eigenvalue weighted by Gasteiger charge is 2.28. The predicted octanol–water partition coefficient (Wildman–Crippen LogP) is 3.74. The third-order valence-electron chi connectivity index (χ3n) is 5.73. The number of amides is 2. The molecule has 2 heterocycles. The van der Waals surface area contributed by atoms with Gasteiger partial charge < -0.3 is 23.7 Å². The van der Waals surface area contributed by atoms with E-state index in [2.05, 4.69) is 0 Å². The van der Waals surface area contributed by atoms with E-state index in [1.54, 1.807) is 47.4 Å². The predicted molar refractivity (Wildman–Crippen MR) is 117 cm³/mol. The van der Waals surface area contributed by atoms with E-state index < -0.39 is 0 Å². The van der Waals surface area contributed by atoms with E-state index in [1.165, 1.54) is 0 Å². The van der Waals surface area contributed by atoms with Crippen molar-refractivity contribution in [3.05, 3.63) is 54.0 Å². The van der Waals surface area contributed by atoms with Gasteiger partial charge in [0.2, 0.25) is 5.91 Å². The molecule has 168 valence electrons. The molecule has 7 nitrogen and oxygen atoms in total. The normalized spacial score (nSPS) is 16.7. The topological polar surface area (TPSA) is 72.2 Å². The van der Waals surface area contributed by atoms with Crippen LogP contribution in [-0.2, 0) is 16.1 Å². The molecule has 0 spiro atoms. The maximum atomic E-state index is 13.4. The van der Waals surface area contributed by atoms with E-state index in [4.69, 9.17) is 13.9 Å². The summed E-state index contributed by atoms with van der Waals surface area (Å²) in [6.45, 7) is 5.53. The summed E-state index contributed by atoms with van der Waals surface area (Å²) in [6.07, 6.45) is 4.29. The third-order valence-corrected chi connectivity index (χ3v) is 5.73. The average Bonchev–Trinajstić information content (AvgIpc) is 3.50. The molecule has 31 heavy (non-hydrogen) atoms. The van der Waals surface area contributed by atoms with E-state index in [0.29, 0.717) is 30.2 Å². The molecule has 1 fully saturated rings. The molecule has 0 radical (unpaired) electrons. The van der Waals surface area contributed by atoms with Crippen LogP contribution in [0.5, 0.6) is 5.75 Å². The summed E-state index contributed by atoms with van der Waals surface area (Å²) in [6, 6.07) is 10.6. The van der Waals surface area contributed by atoms with Crippen molar-refractivity contribution in [3.8, 4) is 5.75 Å². The molecule has 2 aromatic rings. The fourth-order valence-corrected chi connectivity index (χ4v) is 3.70. The maximum Gasteiger partial charge on any atom is 0.254 e. The number of methoxy groups -OCH3 is 1. The first-order valence-corrected chi connectivity index (χ1v) is 10.9. The van der Waals surface area contributed by atoms with Crippen LogP contribution in [0.25, 0.3) is 0 Å². The van der Waals surface area contributed by atoms with Crippen LogP contribution in [0.15, 0.2) is 47.1 Å². The molecule has 7 heteroatoms. The van der Waals surface area contributed by atoms with E-state index in [9.17, 15) is 9.59 Å². The lowest BCUT2D eigenvalue weighted by atomic mass is 10.1. The Kier molecular flexibility index (Phi) is 8.12. The molecular weight excluding hydrogens is 396 g/mol. The average molecular weight is 429 g/mol. The summed E-state index contributed by atoms with van der Waals surface area (Å²) in [5.41, 5.74) is 0.504. The number of furan rings is 1. The molecule has 1 aliphatic heterocycles.